The van der Waals surface area contributed by atoms with Crippen molar-refractivity contribution in [3.8, 4) is 44.5 Å². The maximum absolute atomic E-state index is 3.95. The fraction of sp³-hybridized carbons (Fsp3) is 0. The number of rotatable bonds is 10. The van der Waals surface area contributed by atoms with Gasteiger partial charge in [0.2, 0.25) is 0 Å². The van der Waals surface area contributed by atoms with Gasteiger partial charge in [0.1, 0.15) is 0 Å². The summed E-state index contributed by atoms with van der Waals surface area (Å²) in [6.07, 6.45) is 0. The molecule has 0 atom stereocenters. The maximum Gasteiger partial charge on any atom is 0.197 e. The van der Waals surface area contributed by atoms with Crippen molar-refractivity contribution in [1.29, 1.82) is 0 Å². The van der Waals surface area contributed by atoms with Crippen LogP contribution >= 0.6 is 11.3 Å². The van der Waals surface area contributed by atoms with Gasteiger partial charge in [0.15, 0.2) is 7.28 Å². The lowest BCUT2D eigenvalue weighted by Gasteiger charge is -2.36. The second-order valence-electron chi connectivity index (χ2n) is 18.0. The van der Waals surface area contributed by atoms with Crippen LogP contribution in [0.2, 0.25) is 0 Å². The first-order valence-electron chi connectivity index (χ1n) is 24.2. The Bertz CT molecular complexity index is 3800. The van der Waals surface area contributed by atoms with Gasteiger partial charge in [0, 0.05) is 65.5 Å². The molecule has 1 aromatic heterocycles. The average molecular weight is 923 g/mol. The molecule has 13 rings (SSSR count). The second-order valence-corrected chi connectivity index (χ2v) is 19.1. The van der Waals surface area contributed by atoms with Crippen LogP contribution in [0.25, 0.3) is 64.7 Å². The molecule has 1 aliphatic heterocycles. The third-order valence-corrected chi connectivity index (χ3v) is 14.8. The van der Waals surface area contributed by atoms with Gasteiger partial charge in [-0.2, -0.15) is 0 Å². The first kappa shape index (κ1) is 42.2. The first-order chi connectivity index (χ1) is 35.2. The summed E-state index contributed by atoms with van der Waals surface area (Å²) in [7, 11) is 2.45. The van der Waals surface area contributed by atoms with Gasteiger partial charge in [0.25, 0.3) is 0 Å². The summed E-state index contributed by atoms with van der Waals surface area (Å²) in [6.45, 7) is 0. The zero-order chi connectivity index (χ0) is 47.1. The normalized spacial score (nSPS) is 11.7. The Morgan fingerprint density at radius 3 is 1.54 bits per heavy atom. The minimum Gasteiger partial charge on any atom is -0.355 e. The Morgan fingerprint density at radius 1 is 0.394 bits per heavy atom. The highest BCUT2D eigenvalue weighted by Crippen LogP contribution is 2.49. The average Bonchev–Trinajstić information content (AvgIpc) is 3.83. The summed E-state index contributed by atoms with van der Waals surface area (Å²) in [4.78, 5) is 4.89. The molecule has 5 heteroatoms. The summed E-state index contributed by atoms with van der Waals surface area (Å²) < 4.78 is 2.49. The van der Waals surface area contributed by atoms with E-state index in [2.05, 4.69) is 289 Å². The van der Waals surface area contributed by atoms with Gasteiger partial charge >= 0.3 is 0 Å². The van der Waals surface area contributed by atoms with Crippen LogP contribution in [0.15, 0.2) is 267 Å². The smallest absolute Gasteiger partial charge is 0.197 e. The van der Waals surface area contributed by atoms with E-state index in [0.717, 1.165) is 61.9 Å². The molecule has 1 N–H and O–H groups in total. The summed E-state index contributed by atoms with van der Waals surface area (Å²) in [5.74, 6) is 0. The lowest BCUT2D eigenvalue weighted by Crippen LogP contribution is -2.41. The zero-order valence-corrected chi connectivity index (χ0v) is 39.6. The third-order valence-electron chi connectivity index (χ3n) is 13.7. The molecule has 71 heavy (non-hydrogen) atoms. The molecule has 1 radical (unpaired) electrons. The number of benzene rings is 11. The van der Waals surface area contributed by atoms with Crippen LogP contribution in [0.5, 0.6) is 0 Å². The predicted molar refractivity (Wildman–Crippen MR) is 305 cm³/mol. The second kappa shape index (κ2) is 18.2. The standard InChI is InChI=1S/C66H45BN3S/c1-6-18-45(19-7-1)48-30-35-51(36-31-48)68-60-40-39-55(69(52-24-12-4-13-25-52)53-26-14-5-15-27-53)43-57(60)58-44-63-64(56-28-16-17-29-62(56)71-63)66-65(58)67-59-42-50(47-22-10-3-11-23-47)34-41-61(59)70(66)54-37-32-49(33-38-54)46-20-8-2-9-21-46/h1-44,68H. The SMILES string of the molecule is [B]1c2cc(-c3ccccc3)ccc2N(c2ccc(-c3ccccc3)cc2)c2c1c(-c1cc(N(c3ccccc3)c3ccccc3)ccc1Nc1ccc(-c3ccccc3)cc1)cc1sc3ccccc3c21. The van der Waals surface area contributed by atoms with Gasteiger partial charge in [0.05, 0.1) is 5.69 Å². The van der Waals surface area contributed by atoms with E-state index in [4.69, 9.17) is 0 Å². The number of para-hydroxylation sites is 2. The molecule has 0 saturated carbocycles. The molecule has 333 valence electrons. The van der Waals surface area contributed by atoms with Gasteiger partial charge in [-0.15, -0.1) is 11.3 Å². The van der Waals surface area contributed by atoms with E-state index in [0.29, 0.717) is 0 Å². The molecule has 12 aromatic rings. The van der Waals surface area contributed by atoms with E-state index >= 15 is 0 Å². The summed E-state index contributed by atoms with van der Waals surface area (Å²) in [5.41, 5.74) is 20.4. The van der Waals surface area contributed by atoms with E-state index in [1.54, 1.807) is 0 Å². The first-order valence-corrected chi connectivity index (χ1v) is 25.0. The summed E-state index contributed by atoms with van der Waals surface area (Å²) in [6, 6.07) is 96.5. The Hall–Kier alpha value is -8.90. The van der Waals surface area contributed by atoms with Crippen molar-refractivity contribution in [2.24, 2.45) is 0 Å². The monoisotopic (exact) mass is 922 g/mol. The van der Waals surface area contributed by atoms with Crippen molar-refractivity contribution >= 4 is 95.2 Å². The van der Waals surface area contributed by atoms with Gasteiger partial charge < -0.3 is 15.1 Å². The fourth-order valence-corrected chi connectivity index (χ4v) is 11.4. The number of hydrogen-bond acceptors (Lipinski definition) is 4. The van der Waals surface area contributed by atoms with Crippen molar-refractivity contribution in [3.05, 3.63) is 267 Å². The van der Waals surface area contributed by atoms with Crippen LogP contribution in [0.1, 0.15) is 0 Å². The maximum atomic E-state index is 3.95. The van der Waals surface area contributed by atoms with Crippen LogP contribution in [0.4, 0.5) is 45.5 Å². The summed E-state index contributed by atoms with van der Waals surface area (Å²) in [5, 5.41) is 6.45. The van der Waals surface area contributed by atoms with E-state index < -0.39 is 0 Å². The molecule has 0 spiro atoms. The molecule has 0 unspecified atom stereocenters. The van der Waals surface area contributed by atoms with Crippen LogP contribution in [0.3, 0.4) is 0 Å². The quantitative estimate of drug-likeness (QED) is 0.138. The van der Waals surface area contributed by atoms with Gasteiger partial charge in [-0.3, -0.25) is 0 Å². The molecule has 2 heterocycles. The Balaban J connectivity index is 1.07. The lowest BCUT2D eigenvalue weighted by molar-refractivity contribution is 1.28. The van der Waals surface area contributed by atoms with Crippen LogP contribution < -0.4 is 26.0 Å². The van der Waals surface area contributed by atoms with Gasteiger partial charge in [-0.1, -0.05) is 187 Å². The predicted octanol–water partition coefficient (Wildman–Crippen LogP) is 17.4. The minimum atomic E-state index is 1.01. The molecule has 0 aliphatic carbocycles. The Kier molecular flexibility index (Phi) is 10.8. The molecule has 3 nitrogen and oxygen atoms in total. The largest absolute Gasteiger partial charge is 0.355 e. The Labute approximate surface area is 419 Å². The van der Waals surface area contributed by atoms with E-state index in [1.165, 1.54) is 59.2 Å². The van der Waals surface area contributed by atoms with E-state index in [9.17, 15) is 0 Å². The molecule has 0 amide bonds. The molecule has 1 aliphatic rings. The molecule has 0 saturated heterocycles. The minimum absolute atomic E-state index is 1.01. The number of fused-ring (bicyclic) bond motifs is 6. The highest BCUT2D eigenvalue weighted by Gasteiger charge is 2.32. The van der Waals surface area contributed by atoms with Crippen molar-refractivity contribution in [2.45, 2.75) is 0 Å². The van der Waals surface area contributed by atoms with Crippen molar-refractivity contribution in [3.63, 3.8) is 0 Å². The third kappa shape index (κ3) is 7.93. The number of hydrogen-bond donors (Lipinski definition) is 1. The number of nitrogens with zero attached hydrogens (tertiary/aromatic N) is 2. The van der Waals surface area contributed by atoms with Crippen molar-refractivity contribution in [1.82, 2.24) is 0 Å². The van der Waals surface area contributed by atoms with Crippen LogP contribution in [0, 0.1) is 0 Å². The molecule has 0 fully saturated rings. The number of anilines is 8. The molecule has 11 aromatic carbocycles. The Morgan fingerprint density at radius 2 is 0.915 bits per heavy atom. The molecular weight excluding hydrogens is 878 g/mol. The lowest BCUT2D eigenvalue weighted by atomic mass is 9.57. The van der Waals surface area contributed by atoms with E-state index in [1.807, 2.05) is 11.3 Å². The van der Waals surface area contributed by atoms with Crippen molar-refractivity contribution in [2.75, 3.05) is 15.1 Å². The highest BCUT2D eigenvalue weighted by atomic mass is 32.1. The van der Waals surface area contributed by atoms with Gasteiger partial charge in [-0.05, 0) is 129 Å². The van der Waals surface area contributed by atoms with E-state index in [-0.39, 0.29) is 0 Å². The fourth-order valence-electron chi connectivity index (χ4n) is 10.3. The molecule has 0 bridgehead atoms. The van der Waals surface area contributed by atoms with Crippen LogP contribution in [-0.4, -0.2) is 7.28 Å². The topological polar surface area (TPSA) is 18.5 Å². The number of thiophene rings is 1. The van der Waals surface area contributed by atoms with Crippen LogP contribution in [-0.2, 0) is 0 Å². The van der Waals surface area contributed by atoms with Crippen molar-refractivity contribution < 1.29 is 0 Å². The zero-order valence-electron chi connectivity index (χ0n) is 38.8. The van der Waals surface area contributed by atoms with Gasteiger partial charge in [-0.25, -0.2) is 0 Å². The number of nitrogens with one attached hydrogen (secondary N) is 1. The highest BCUT2D eigenvalue weighted by molar-refractivity contribution is 7.26. The molecular formula is C66H45BN3S. The summed E-state index contributed by atoms with van der Waals surface area (Å²) >= 11 is 1.86.